The van der Waals surface area contributed by atoms with Gasteiger partial charge in [0, 0.05) is 22.3 Å². The number of hydrogen-bond donors (Lipinski definition) is 0. The van der Waals surface area contributed by atoms with Crippen LogP contribution in [0.3, 0.4) is 0 Å². The predicted molar refractivity (Wildman–Crippen MR) is 121 cm³/mol. The third kappa shape index (κ3) is 10.4. The van der Waals surface area contributed by atoms with Gasteiger partial charge in [0.15, 0.2) is 0 Å². The Labute approximate surface area is 192 Å². The fourth-order valence-corrected chi connectivity index (χ4v) is 6.65. The molecule has 0 aliphatic carbocycles. The molecule has 2 bridgehead atoms. The molecule has 2 heterocycles. The van der Waals surface area contributed by atoms with Crippen molar-refractivity contribution >= 4 is 36.3 Å². The molecule has 2 aromatic carbocycles. The summed E-state index contributed by atoms with van der Waals surface area (Å²) in [4.78, 5) is 0. The van der Waals surface area contributed by atoms with E-state index in [9.17, 15) is 34.5 Å². The summed E-state index contributed by atoms with van der Waals surface area (Å²) in [5.41, 5.74) is 5.37. The first kappa shape index (κ1) is 27.6. The summed E-state index contributed by atoms with van der Waals surface area (Å²) in [6.07, 6.45) is 4.70. The van der Waals surface area contributed by atoms with Gasteiger partial charge in [-0.15, -0.1) is 0 Å². The number of para-hydroxylation sites is 2. The zero-order chi connectivity index (χ0) is 24.8. The minimum atomic E-state index is -6.00. The highest BCUT2D eigenvalue weighted by Crippen LogP contribution is 2.35. The Kier molecular flexibility index (Phi) is 9.71. The molecule has 0 N–H and O–H groups in total. The van der Waals surface area contributed by atoms with E-state index in [-0.39, 0.29) is 21.8 Å². The molecule has 0 saturated heterocycles. The minimum Gasteiger partial charge on any atom is -0.457 e. The van der Waals surface area contributed by atoms with Gasteiger partial charge in [-0.05, 0) is 21.8 Å². The molecule has 0 saturated carbocycles. The molecule has 14 heteroatoms. The van der Waals surface area contributed by atoms with Crippen molar-refractivity contribution in [2.24, 2.45) is 0 Å². The van der Waals surface area contributed by atoms with Crippen molar-refractivity contribution in [2.75, 3.05) is 19.3 Å². The summed E-state index contributed by atoms with van der Waals surface area (Å²) in [7, 11) is -11.4. The summed E-state index contributed by atoms with van der Waals surface area (Å²) >= 11 is 0. The molecular formula is C19H22B2F8O2S2. The van der Waals surface area contributed by atoms with Crippen molar-refractivity contribution in [1.82, 2.24) is 0 Å². The zero-order valence-corrected chi connectivity index (χ0v) is 19.4. The molecule has 184 valence electrons. The second kappa shape index (κ2) is 11.6. The van der Waals surface area contributed by atoms with E-state index >= 15 is 0 Å². The van der Waals surface area contributed by atoms with Crippen molar-refractivity contribution < 1.29 is 44.0 Å². The molecule has 2 aliphatic heterocycles. The molecule has 2 aliphatic rings. The highest BCUT2D eigenvalue weighted by molar-refractivity contribution is 7.95. The summed E-state index contributed by atoms with van der Waals surface area (Å²) in [5, 5.41) is 0. The lowest BCUT2D eigenvalue weighted by Crippen LogP contribution is -2.20. The molecule has 0 unspecified atom stereocenters. The highest BCUT2D eigenvalue weighted by Gasteiger charge is 2.28. The Hall–Kier alpha value is -1.69. The van der Waals surface area contributed by atoms with Crippen LogP contribution in [0.25, 0.3) is 0 Å². The third-order valence-corrected chi connectivity index (χ3v) is 7.59. The second-order valence-corrected chi connectivity index (χ2v) is 11.6. The van der Waals surface area contributed by atoms with Crippen LogP contribution in [-0.4, -0.2) is 33.8 Å². The highest BCUT2D eigenvalue weighted by atomic mass is 32.2. The van der Waals surface area contributed by atoms with Crippen molar-refractivity contribution in [3.8, 4) is 11.5 Å². The smallest absolute Gasteiger partial charge is 0.457 e. The van der Waals surface area contributed by atoms with E-state index in [1.54, 1.807) is 0 Å². The largest absolute Gasteiger partial charge is 0.673 e. The van der Waals surface area contributed by atoms with E-state index in [0.29, 0.717) is 6.79 Å². The summed E-state index contributed by atoms with van der Waals surface area (Å²) in [6, 6.07) is 13.3. The van der Waals surface area contributed by atoms with Gasteiger partial charge in [-0.1, -0.05) is 36.4 Å². The molecule has 33 heavy (non-hydrogen) atoms. The molecule has 0 fully saturated rings. The molecule has 0 aromatic heterocycles. The normalized spacial score (nSPS) is 16.4. The Morgan fingerprint density at radius 2 is 0.818 bits per heavy atom. The average molecular weight is 520 g/mol. The number of halogens is 8. The Balaban J connectivity index is 0.000000327. The lowest BCUT2D eigenvalue weighted by molar-refractivity contribution is 0.116. The maximum atomic E-state index is 9.75. The lowest BCUT2D eigenvalue weighted by atomic mass is 10.1. The summed E-state index contributed by atoms with van der Waals surface area (Å²) in [6.45, 7) is 0.309. The van der Waals surface area contributed by atoms with Crippen molar-refractivity contribution in [3.05, 3.63) is 58.7 Å². The standard InChI is InChI=1S/C19H22O2S2.2BF4/c1-22-9-14-5-3-7-16-11-23(2)12-17-8-4-6-15(10-22)19(17)21-13-20-18(14)16;2*2-1(3,4)5/h3-8H,9-13H2,1-2H3;;/q+2;2*-1. The molecule has 0 atom stereocenters. The van der Waals surface area contributed by atoms with Gasteiger partial charge in [-0.2, -0.15) is 0 Å². The Morgan fingerprint density at radius 3 is 1.06 bits per heavy atom. The number of ether oxygens (including phenoxy) is 2. The Morgan fingerprint density at radius 1 is 0.576 bits per heavy atom. The number of hydrogen-bond acceptors (Lipinski definition) is 2. The molecule has 4 rings (SSSR count). The van der Waals surface area contributed by atoms with Gasteiger partial charge in [0.2, 0.25) is 6.79 Å². The quantitative estimate of drug-likeness (QED) is 0.233. The van der Waals surface area contributed by atoms with Crippen LogP contribution in [0.5, 0.6) is 11.5 Å². The van der Waals surface area contributed by atoms with Crippen LogP contribution in [0.4, 0.5) is 34.5 Å². The molecule has 0 spiro atoms. The number of fused-ring (bicyclic) bond motifs is 2. The van der Waals surface area contributed by atoms with Crippen LogP contribution < -0.4 is 9.47 Å². The predicted octanol–water partition coefficient (Wildman–Crippen LogP) is 6.23. The maximum absolute atomic E-state index is 9.75. The lowest BCUT2D eigenvalue weighted by Gasteiger charge is -2.22. The van der Waals surface area contributed by atoms with Crippen molar-refractivity contribution in [3.63, 3.8) is 0 Å². The van der Waals surface area contributed by atoms with Gasteiger partial charge in [0.05, 0.1) is 12.5 Å². The van der Waals surface area contributed by atoms with Crippen molar-refractivity contribution in [2.45, 2.75) is 23.0 Å². The number of rotatable bonds is 0. The summed E-state index contributed by atoms with van der Waals surface area (Å²) in [5.74, 6) is 6.51. The van der Waals surface area contributed by atoms with Crippen molar-refractivity contribution in [1.29, 1.82) is 0 Å². The SMILES string of the molecule is C[S+]1Cc2cccc3c2OCOc2c(cccc2C[S+](C)C3)C1.F[B-](F)(F)F.F[B-](F)(F)F. The van der Waals surface area contributed by atoms with Crippen LogP contribution in [0, 0.1) is 0 Å². The van der Waals surface area contributed by atoms with Gasteiger partial charge in [-0.3, -0.25) is 0 Å². The van der Waals surface area contributed by atoms with Gasteiger partial charge in [0.1, 0.15) is 34.5 Å². The van der Waals surface area contributed by atoms with E-state index in [1.807, 2.05) is 0 Å². The van der Waals surface area contributed by atoms with Crippen LogP contribution in [0.2, 0.25) is 0 Å². The maximum Gasteiger partial charge on any atom is 0.673 e. The fraction of sp³-hybridized carbons (Fsp3) is 0.368. The van der Waals surface area contributed by atoms with E-state index in [4.69, 9.17) is 9.47 Å². The van der Waals surface area contributed by atoms with Crippen LogP contribution >= 0.6 is 0 Å². The molecule has 2 aromatic rings. The number of benzene rings is 2. The fourth-order valence-electron chi connectivity index (χ4n) is 3.41. The van der Waals surface area contributed by atoms with Gasteiger partial charge >= 0.3 is 14.5 Å². The van der Waals surface area contributed by atoms with E-state index in [0.717, 1.165) is 34.5 Å². The summed E-state index contributed by atoms with van der Waals surface area (Å²) < 4.78 is 90.2. The van der Waals surface area contributed by atoms with Gasteiger partial charge in [-0.25, -0.2) is 0 Å². The minimum absolute atomic E-state index is 0.279. The first-order chi connectivity index (χ1) is 15.2. The molecule has 2 nitrogen and oxygen atoms in total. The van der Waals surface area contributed by atoms with E-state index in [2.05, 4.69) is 48.9 Å². The average Bonchev–Trinajstić information content (AvgIpc) is 2.62. The molecule has 0 radical (unpaired) electrons. The first-order valence-electron chi connectivity index (χ1n) is 9.60. The van der Waals surface area contributed by atoms with E-state index < -0.39 is 14.5 Å². The zero-order valence-electron chi connectivity index (χ0n) is 17.8. The first-order valence-corrected chi connectivity index (χ1v) is 13.5. The van der Waals surface area contributed by atoms with Crippen LogP contribution in [0.1, 0.15) is 22.3 Å². The molecular weight excluding hydrogens is 498 g/mol. The Bertz CT molecular complexity index is 794. The monoisotopic (exact) mass is 520 g/mol. The van der Waals surface area contributed by atoms with Crippen LogP contribution in [-0.2, 0) is 44.8 Å². The van der Waals surface area contributed by atoms with Gasteiger partial charge in [0.25, 0.3) is 0 Å². The third-order valence-electron chi connectivity index (χ3n) is 4.37. The van der Waals surface area contributed by atoms with E-state index in [1.165, 1.54) is 22.3 Å². The van der Waals surface area contributed by atoms with Crippen LogP contribution in [0.15, 0.2) is 36.4 Å². The second-order valence-electron chi connectivity index (χ2n) is 7.35. The van der Waals surface area contributed by atoms with Gasteiger partial charge < -0.3 is 44.0 Å². The molecule has 0 amide bonds. The topological polar surface area (TPSA) is 18.5 Å².